The molecule has 1 aliphatic carbocycles. The highest BCUT2D eigenvalue weighted by molar-refractivity contribution is 5.74. The third kappa shape index (κ3) is 2.00. The molecule has 0 amide bonds. The van der Waals surface area contributed by atoms with Crippen molar-refractivity contribution >= 4 is 5.97 Å². The maximum absolute atomic E-state index is 10.6. The summed E-state index contributed by atoms with van der Waals surface area (Å²) in [6.45, 7) is 1.91. The van der Waals surface area contributed by atoms with Crippen molar-refractivity contribution in [1.29, 1.82) is 0 Å². The van der Waals surface area contributed by atoms with Gasteiger partial charge in [-0.3, -0.25) is 4.79 Å². The Morgan fingerprint density at radius 1 is 1.46 bits per heavy atom. The molecule has 4 heteroatoms. The van der Waals surface area contributed by atoms with Gasteiger partial charge in [-0.05, 0) is 18.3 Å². The van der Waals surface area contributed by atoms with Gasteiger partial charge in [0.15, 0.2) is 0 Å². The minimum atomic E-state index is -1.15. The van der Waals surface area contributed by atoms with Crippen molar-refractivity contribution in [1.82, 2.24) is 0 Å². The normalized spacial score (nSPS) is 25.5. The lowest BCUT2D eigenvalue weighted by Crippen LogP contribution is -2.49. The van der Waals surface area contributed by atoms with Gasteiger partial charge in [0.1, 0.15) is 6.04 Å². The van der Waals surface area contributed by atoms with Gasteiger partial charge in [-0.15, -0.1) is 0 Å². The van der Waals surface area contributed by atoms with E-state index in [9.17, 15) is 9.90 Å². The third-order valence-electron chi connectivity index (χ3n) is 3.09. The molecule has 0 saturated heterocycles. The zero-order chi connectivity index (χ0) is 10.1. The monoisotopic (exact) mass is 187 g/mol. The van der Waals surface area contributed by atoms with Crippen LogP contribution in [0.15, 0.2) is 0 Å². The largest absolute Gasteiger partial charge is 0.480 e. The van der Waals surface area contributed by atoms with Crippen LogP contribution >= 0.6 is 0 Å². The standard InChI is InChI=1S/C9H17NO3/c1-9(4-2-3-5-9)7(11)6(10)8(12)13/h6-7,11H,2-5,10H2,1H3,(H,12,13). The predicted octanol–water partition coefficient (Wildman–Crippen LogP) is 0.339. The molecule has 1 fully saturated rings. The van der Waals surface area contributed by atoms with Crippen LogP contribution < -0.4 is 5.73 Å². The molecule has 0 aromatic heterocycles. The van der Waals surface area contributed by atoms with Crippen molar-refractivity contribution in [2.24, 2.45) is 11.1 Å². The first-order valence-electron chi connectivity index (χ1n) is 4.64. The highest BCUT2D eigenvalue weighted by Crippen LogP contribution is 2.41. The third-order valence-corrected chi connectivity index (χ3v) is 3.09. The molecular formula is C9H17NO3. The van der Waals surface area contributed by atoms with Crippen LogP contribution in [0.3, 0.4) is 0 Å². The van der Waals surface area contributed by atoms with Gasteiger partial charge >= 0.3 is 5.97 Å². The van der Waals surface area contributed by atoms with E-state index in [1.807, 2.05) is 6.92 Å². The van der Waals surface area contributed by atoms with Crippen molar-refractivity contribution < 1.29 is 15.0 Å². The van der Waals surface area contributed by atoms with E-state index >= 15 is 0 Å². The zero-order valence-corrected chi connectivity index (χ0v) is 7.86. The number of hydrogen-bond acceptors (Lipinski definition) is 3. The molecule has 2 atom stereocenters. The summed E-state index contributed by atoms with van der Waals surface area (Å²) in [4.78, 5) is 10.6. The van der Waals surface area contributed by atoms with Crippen LogP contribution in [-0.4, -0.2) is 28.3 Å². The van der Waals surface area contributed by atoms with E-state index < -0.39 is 18.1 Å². The van der Waals surface area contributed by atoms with Crippen LogP contribution in [0.2, 0.25) is 0 Å². The fraction of sp³-hybridized carbons (Fsp3) is 0.889. The molecule has 1 rings (SSSR count). The predicted molar refractivity (Wildman–Crippen MR) is 48.2 cm³/mol. The van der Waals surface area contributed by atoms with Crippen LogP contribution in [0.1, 0.15) is 32.6 Å². The van der Waals surface area contributed by atoms with Crippen molar-refractivity contribution in [2.45, 2.75) is 44.8 Å². The van der Waals surface area contributed by atoms with Crippen molar-refractivity contribution in [3.8, 4) is 0 Å². The van der Waals surface area contributed by atoms with Gasteiger partial charge in [-0.25, -0.2) is 0 Å². The number of hydrogen-bond donors (Lipinski definition) is 3. The maximum atomic E-state index is 10.6. The quantitative estimate of drug-likeness (QED) is 0.595. The van der Waals surface area contributed by atoms with Crippen LogP contribution in [0.4, 0.5) is 0 Å². The average molecular weight is 187 g/mol. The minimum absolute atomic E-state index is 0.294. The molecule has 0 aromatic rings. The Kier molecular flexibility index (Phi) is 2.93. The molecule has 13 heavy (non-hydrogen) atoms. The van der Waals surface area contributed by atoms with Crippen molar-refractivity contribution in [3.63, 3.8) is 0 Å². The Labute approximate surface area is 77.7 Å². The first kappa shape index (κ1) is 10.5. The SMILES string of the molecule is CC1(C(O)C(N)C(=O)O)CCCC1. The fourth-order valence-corrected chi connectivity index (χ4v) is 2.05. The van der Waals surface area contributed by atoms with Crippen LogP contribution in [-0.2, 0) is 4.79 Å². The summed E-state index contributed by atoms with van der Waals surface area (Å²) in [5, 5.41) is 18.4. The average Bonchev–Trinajstić information content (AvgIpc) is 2.50. The number of rotatable bonds is 3. The molecule has 0 aromatic carbocycles. The van der Waals surface area contributed by atoms with E-state index in [0.717, 1.165) is 25.7 Å². The highest BCUT2D eigenvalue weighted by Gasteiger charge is 2.41. The van der Waals surface area contributed by atoms with Gasteiger partial charge in [0, 0.05) is 0 Å². The first-order valence-corrected chi connectivity index (χ1v) is 4.64. The molecule has 0 bridgehead atoms. The molecule has 1 saturated carbocycles. The van der Waals surface area contributed by atoms with E-state index in [1.54, 1.807) is 0 Å². The Morgan fingerprint density at radius 3 is 2.31 bits per heavy atom. The topological polar surface area (TPSA) is 83.5 Å². The molecule has 1 aliphatic rings. The van der Waals surface area contributed by atoms with Crippen LogP contribution in [0.5, 0.6) is 0 Å². The molecule has 0 aliphatic heterocycles. The molecular weight excluding hydrogens is 170 g/mol. The summed E-state index contributed by atoms with van der Waals surface area (Å²) in [6.07, 6.45) is 2.93. The number of nitrogens with two attached hydrogens (primary N) is 1. The molecule has 0 heterocycles. The second kappa shape index (κ2) is 3.64. The number of carboxylic acid groups (broad SMARTS) is 1. The molecule has 4 N–H and O–H groups in total. The van der Waals surface area contributed by atoms with E-state index in [0.29, 0.717) is 0 Å². The van der Waals surface area contributed by atoms with Gasteiger partial charge in [0.25, 0.3) is 0 Å². The van der Waals surface area contributed by atoms with E-state index in [1.165, 1.54) is 0 Å². The highest BCUT2D eigenvalue weighted by atomic mass is 16.4. The second-order valence-electron chi connectivity index (χ2n) is 4.17. The lowest BCUT2D eigenvalue weighted by atomic mass is 9.79. The van der Waals surface area contributed by atoms with Gasteiger partial charge in [0.05, 0.1) is 6.10 Å². The van der Waals surface area contributed by atoms with Gasteiger partial charge in [-0.1, -0.05) is 19.8 Å². The van der Waals surface area contributed by atoms with Gasteiger partial charge in [0.2, 0.25) is 0 Å². The summed E-state index contributed by atoms with van der Waals surface area (Å²) < 4.78 is 0. The lowest BCUT2D eigenvalue weighted by Gasteiger charge is -2.32. The Morgan fingerprint density at radius 2 is 1.92 bits per heavy atom. The lowest BCUT2D eigenvalue weighted by molar-refractivity contribution is -0.143. The Bertz CT molecular complexity index is 199. The van der Waals surface area contributed by atoms with Crippen LogP contribution in [0, 0.1) is 5.41 Å². The Balaban J connectivity index is 2.64. The van der Waals surface area contributed by atoms with E-state index in [2.05, 4.69) is 0 Å². The van der Waals surface area contributed by atoms with Gasteiger partial charge in [-0.2, -0.15) is 0 Å². The summed E-state index contributed by atoms with van der Waals surface area (Å²) in [5.41, 5.74) is 5.08. The molecule has 4 nitrogen and oxygen atoms in total. The number of aliphatic carboxylic acids is 1. The van der Waals surface area contributed by atoms with Gasteiger partial charge < -0.3 is 15.9 Å². The molecule has 76 valence electrons. The molecule has 0 spiro atoms. The zero-order valence-electron chi connectivity index (χ0n) is 7.86. The first-order chi connectivity index (χ1) is 5.97. The second-order valence-corrected chi connectivity index (χ2v) is 4.17. The van der Waals surface area contributed by atoms with Crippen LogP contribution in [0.25, 0.3) is 0 Å². The fourth-order valence-electron chi connectivity index (χ4n) is 2.05. The van der Waals surface area contributed by atoms with Crippen molar-refractivity contribution in [3.05, 3.63) is 0 Å². The number of aliphatic hydroxyl groups excluding tert-OH is 1. The maximum Gasteiger partial charge on any atom is 0.323 e. The summed E-state index contributed by atoms with van der Waals surface area (Å²) in [5.74, 6) is -1.12. The molecule has 0 radical (unpaired) electrons. The number of carboxylic acids is 1. The van der Waals surface area contributed by atoms with E-state index in [-0.39, 0.29) is 5.41 Å². The number of carbonyl (C=O) groups is 1. The van der Waals surface area contributed by atoms with Crippen molar-refractivity contribution in [2.75, 3.05) is 0 Å². The van der Waals surface area contributed by atoms with E-state index in [4.69, 9.17) is 10.8 Å². The minimum Gasteiger partial charge on any atom is -0.480 e. The summed E-state index contributed by atoms with van der Waals surface area (Å²) in [6, 6.07) is -1.15. The smallest absolute Gasteiger partial charge is 0.323 e. The number of aliphatic hydroxyl groups is 1. The Hall–Kier alpha value is -0.610. The summed E-state index contributed by atoms with van der Waals surface area (Å²) in [7, 11) is 0. The summed E-state index contributed by atoms with van der Waals surface area (Å²) >= 11 is 0. The molecule has 2 unspecified atom stereocenters.